The van der Waals surface area contributed by atoms with Crippen LogP contribution >= 0.6 is 11.6 Å². The van der Waals surface area contributed by atoms with Crippen LogP contribution in [0.3, 0.4) is 0 Å². The Bertz CT molecular complexity index is 1480. The number of methoxy groups -OCH3 is 1. The van der Waals surface area contributed by atoms with Crippen LogP contribution in [0.25, 0.3) is 11.0 Å². The van der Waals surface area contributed by atoms with Gasteiger partial charge >= 0.3 is 0 Å². The van der Waals surface area contributed by atoms with E-state index in [1.54, 1.807) is 39.8 Å². The van der Waals surface area contributed by atoms with E-state index in [0.717, 1.165) is 16.9 Å². The molecule has 0 aliphatic carbocycles. The van der Waals surface area contributed by atoms with Crippen LogP contribution in [0.5, 0.6) is 5.75 Å². The first-order valence-electron chi connectivity index (χ1n) is 10.1. The van der Waals surface area contributed by atoms with Gasteiger partial charge in [0.25, 0.3) is 5.91 Å². The maximum Gasteiger partial charge on any atom is 0.258 e. The van der Waals surface area contributed by atoms with E-state index in [1.165, 1.54) is 0 Å². The number of hydrogen-bond acceptors (Lipinski definition) is 5. The molecule has 0 saturated heterocycles. The second-order valence-corrected chi connectivity index (χ2v) is 8.04. The highest BCUT2D eigenvalue weighted by molar-refractivity contribution is 6.33. The lowest BCUT2D eigenvalue weighted by atomic mass is 9.98. The third-order valence-corrected chi connectivity index (χ3v) is 6.21. The van der Waals surface area contributed by atoms with Crippen LogP contribution < -0.4 is 4.74 Å². The number of aromatic amines is 1. The standard InChI is InChI=1S/C22H18ClN7O2/c1-32-13-4-5-18-14(10-26-30(18)11-13)22(31)28-8-6-16-20(25-12-24-16)21(28)17-9-19-15(23)3-2-7-29(19)27-17/h2-5,7,9-12,21H,6,8H2,1H3,(H,24,25). The molecule has 0 fully saturated rings. The summed E-state index contributed by atoms with van der Waals surface area (Å²) in [4.78, 5) is 23.3. The Kier molecular flexibility index (Phi) is 4.19. The lowest BCUT2D eigenvalue weighted by Crippen LogP contribution is -2.41. The molecule has 6 rings (SSSR count). The summed E-state index contributed by atoms with van der Waals surface area (Å²) in [7, 11) is 1.59. The van der Waals surface area contributed by atoms with E-state index in [-0.39, 0.29) is 5.91 Å². The first-order chi connectivity index (χ1) is 15.6. The van der Waals surface area contributed by atoms with Gasteiger partial charge in [-0.05, 0) is 30.3 Å². The molecular formula is C22H18ClN7O2. The molecule has 1 aliphatic rings. The third-order valence-electron chi connectivity index (χ3n) is 5.89. The van der Waals surface area contributed by atoms with Gasteiger partial charge in [0.2, 0.25) is 0 Å². The van der Waals surface area contributed by atoms with Crippen LogP contribution in [0.4, 0.5) is 0 Å². The van der Waals surface area contributed by atoms with Crippen molar-refractivity contribution < 1.29 is 9.53 Å². The van der Waals surface area contributed by atoms with Crippen LogP contribution in [0.1, 0.15) is 33.5 Å². The molecule has 32 heavy (non-hydrogen) atoms. The average molecular weight is 448 g/mol. The van der Waals surface area contributed by atoms with Crippen molar-refractivity contribution in [2.75, 3.05) is 13.7 Å². The number of halogens is 1. The van der Waals surface area contributed by atoms with E-state index in [2.05, 4.69) is 15.1 Å². The smallest absolute Gasteiger partial charge is 0.258 e. The van der Waals surface area contributed by atoms with E-state index in [4.69, 9.17) is 21.4 Å². The van der Waals surface area contributed by atoms with Crippen LogP contribution in [-0.2, 0) is 6.42 Å². The van der Waals surface area contributed by atoms with Gasteiger partial charge in [-0.15, -0.1) is 0 Å². The lowest BCUT2D eigenvalue weighted by Gasteiger charge is -2.33. The van der Waals surface area contributed by atoms with Gasteiger partial charge in [-0.3, -0.25) is 4.79 Å². The second kappa shape index (κ2) is 7.10. The Morgan fingerprint density at radius 1 is 1.25 bits per heavy atom. The Morgan fingerprint density at radius 3 is 3.00 bits per heavy atom. The van der Waals surface area contributed by atoms with E-state index in [9.17, 15) is 4.79 Å². The molecule has 0 bridgehead atoms. The normalized spacial score (nSPS) is 15.9. The molecule has 0 spiro atoms. The molecule has 5 aromatic rings. The van der Waals surface area contributed by atoms with Crippen molar-refractivity contribution in [2.45, 2.75) is 12.5 Å². The van der Waals surface area contributed by atoms with Crippen LogP contribution in [0.15, 0.2) is 55.2 Å². The summed E-state index contributed by atoms with van der Waals surface area (Å²) in [6, 6.07) is 8.78. The maximum atomic E-state index is 13.8. The largest absolute Gasteiger partial charge is 0.495 e. The van der Waals surface area contributed by atoms with Crippen molar-refractivity contribution in [2.24, 2.45) is 0 Å². The first kappa shape index (κ1) is 18.9. The number of nitrogens with zero attached hydrogens (tertiary/aromatic N) is 6. The predicted molar refractivity (Wildman–Crippen MR) is 117 cm³/mol. The summed E-state index contributed by atoms with van der Waals surface area (Å²) in [6.45, 7) is 0.522. The lowest BCUT2D eigenvalue weighted by molar-refractivity contribution is 0.0689. The van der Waals surface area contributed by atoms with E-state index in [0.29, 0.717) is 40.5 Å². The first-order valence-corrected chi connectivity index (χ1v) is 10.5. The zero-order chi connectivity index (χ0) is 21.8. The topological polar surface area (TPSA) is 92.8 Å². The van der Waals surface area contributed by atoms with Crippen LogP contribution in [-0.4, -0.2) is 53.7 Å². The molecule has 1 unspecified atom stereocenters. The molecular weight excluding hydrogens is 430 g/mol. The SMILES string of the molecule is COc1ccc2c(C(=O)N3CCc4[nH]cnc4C3c3cc4c(Cl)cccn4n3)cnn2c1. The number of carbonyl (C=O) groups is 1. The van der Waals surface area contributed by atoms with Crippen LogP contribution in [0, 0.1) is 0 Å². The van der Waals surface area contributed by atoms with Gasteiger partial charge in [0.05, 0.1) is 58.8 Å². The van der Waals surface area contributed by atoms with E-state index >= 15 is 0 Å². The molecule has 1 N–H and O–H groups in total. The number of nitrogens with one attached hydrogen (secondary N) is 1. The van der Waals surface area contributed by atoms with Gasteiger partial charge in [0.1, 0.15) is 11.8 Å². The summed E-state index contributed by atoms with van der Waals surface area (Å²) in [5.74, 6) is 0.533. The second-order valence-electron chi connectivity index (χ2n) is 7.63. The van der Waals surface area contributed by atoms with Gasteiger partial charge in [0.15, 0.2) is 0 Å². The highest BCUT2D eigenvalue weighted by atomic mass is 35.5. The zero-order valence-corrected chi connectivity index (χ0v) is 17.8. The van der Waals surface area contributed by atoms with Gasteiger partial charge in [-0.1, -0.05) is 11.6 Å². The highest BCUT2D eigenvalue weighted by Crippen LogP contribution is 2.35. The number of hydrogen-bond donors (Lipinski definition) is 1. The molecule has 10 heteroatoms. The average Bonchev–Trinajstić information content (AvgIpc) is 3.55. The number of imidazole rings is 1. The maximum absolute atomic E-state index is 13.8. The Balaban J connectivity index is 1.47. The fourth-order valence-electron chi connectivity index (χ4n) is 4.33. The Hall–Kier alpha value is -3.85. The summed E-state index contributed by atoms with van der Waals surface area (Å²) in [5, 5.41) is 9.67. The number of amides is 1. The number of fused-ring (bicyclic) bond motifs is 3. The molecule has 160 valence electrons. The number of aromatic nitrogens is 6. The molecule has 9 nitrogen and oxygen atoms in total. The minimum Gasteiger partial charge on any atom is -0.495 e. The minimum atomic E-state index is -0.443. The highest BCUT2D eigenvalue weighted by Gasteiger charge is 2.37. The van der Waals surface area contributed by atoms with Crippen molar-refractivity contribution in [3.05, 3.63) is 82.9 Å². The van der Waals surface area contributed by atoms with Crippen molar-refractivity contribution in [3.63, 3.8) is 0 Å². The predicted octanol–water partition coefficient (Wildman–Crippen LogP) is 3.16. The van der Waals surface area contributed by atoms with Crippen LogP contribution in [0.2, 0.25) is 5.02 Å². The molecule has 1 aliphatic heterocycles. The number of ether oxygens (including phenoxy) is 1. The summed E-state index contributed by atoms with van der Waals surface area (Å²) < 4.78 is 8.64. The van der Waals surface area contributed by atoms with Gasteiger partial charge in [-0.25, -0.2) is 14.0 Å². The number of H-pyrrole nitrogens is 1. The molecule has 1 atom stereocenters. The zero-order valence-electron chi connectivity index (χ0n) is 17.1. The summed E-state index contributed by atoms with van der Waals surface area (Å²) in [6.07, 6.45) is 7.52. The van der Waals surface area contributed by atoms with Crippen molar-refractivity contribution >= 4 is 28.5 Å². The van der Waals surface area contributed by atoms with Crippen molar-refractivity contribution in [3.8, 4) is 5.75 Å². The van der Waals surface area contributed by atoms with E-state index < -0.39 is 6.04 Å². The third kappa shape index (κ3) is 2.78. The molecule has 5 aromatic heterocycles. The number of carbonyl (C=O) groups excluding carboxylic acids is 1. The van der Waals surface area contributed by atoms with Crippen molar-refractivity contribution in [1.82, 2.24) is 34.1 Å². The monoisotopic (exact) mass is 447 g/mol. The Morgan fingerprint density at radius 2 is 2.16 bits per heavy atom. The summed E-state index contributed by atoms with van der Waals surface area (Å²) in [5.41, 5.74) is 4.51. The summed E-state index contributed by atoms with van der Waals surface area (Å²) >= 11 is 6.37. The fraction of sp³-hybridized carbons (Fsp3) is 0.182. The minimum absolute atomic E-state index is 0.132. The number of pyridine rings is 2. The number of rotatable bonds is 3. The van der Waals surface area contributed by atoms with E-state index in [1.807, 2.05) is 36.5 Å². The van der Waals surface area contributed by atoms with Gasteiger partial charge in [-0.2, -0.15) is 10.2 Å². The molecule has 0 radical (unpaired) electrons. The molecule has 6 heterocycles. The van der Waals surface area contributed by atoms with Gasteiger partial charge in [0, 0.05) is 24.9 Å². The molecule has 0 saturated carbocycles. The molecule has 1 amide bonds. The molecule has 0 aromatic carbocycles. The Labute approximate surface area is 187 Å². The van der Waals surface area contributed by atoms with Crippen molar-refractivity contribution in [1.29, 1.82) is 0 Å². The van der Waals surface area contributed by atoms with Gasteiger partial charge < -0.3 is 14.6 Å². The quantitative estimate of drug-likeness (QED) is 0.458. The fourth-order valence-corrected chi connectivity index (χ4v) is 4.55.